The zero-order valence-electron chi connectivity index (χ0n) is 8.10. The molecule has 0 radical (unpaired) electrons. The van der Waals surface area contributed by atoms with E-state index in [1.807, 2.05) is 0 Å². The minimum absolute atomic E-state index is 0.281. The molecule has 0 aromatic carbocycles. The molecule has 0 aromatic heterocycles. The molecule has 0 saturated carbocycles. The molecule has 0 N–H and O–H groups in total. The van der Waals surface area contributed by atoms with Crippen molar-refractivity contribution in [2.45, 2.75) is 6.92 Å². The van der Waals surface area contributed by atoms with Crippen LogP contribution in [-0.4, -0.2) is 50.9 Å². The summed E-state index contributed by atoms with van der Waals surface area (Å²) in [5.74, 6) is 0. The summed E-state index contributed by atoms with van der Waals surface area (Å²) in [5.41, 5.74) is 0. The normalized spacial score (nSPS) is 13.4. The third-order valence-corrected chi connectivity index (χ3v) is 5.93. The first-order valence-corrected chi connectivity index (χ1v) is 8.73. The van der Waals surface area contributed by atoms with Crippen LogP contribution in [0.1, 0.15) is 6.92 Å². The van der Waals surface area contributed by atoms with E-state index in [1.54, 1.807) is 6.92 Å². The molecule has 0 atom stereocenters. The van der Waals surface area contributed by atoms with Crippen molar-refractivity contribution < 1.29 is 16.8 Å². The summed E-state index contributed by atoms with van der Waals surface area (Å²) in [4.78, 5) is 0. The first-order chi connectivity index (χ1) is 6.23. The maximum Gasteiger partial charge on any atom is 0.228 e. The van der Waals surface area contributed by atoms with Crippen LogP contribution in [0.2, 0.25) is 0 Å². The predicted octanol–water partition coefficient (Wildman–Crippen LogP) is 0.0351. The monoisotopic (exact) mass is 307 g/mol. The quantitative estimate of drug-likeness (QED) is 0.649. The van der Waals surface area contributed by atoms with Crippen LogP contribution in [0.15, 0.2) is 0 Å². The predicted molar refractivity (Wildman–Crippen MR) is 59.7 cm³/mol. The summed E-state index contributed by atoms with van der Waals surface area (Å²) < 4.78 is 45.8. The van der Waals surface area contributed by atoms with Crippen molar-refractivity contribution in [1.29, 1.82) is 0 Å². The number of alkyl halides is 1. The molecule has 0 amide bonds. The number of nitrogens with zero attached hydrogens (tertiary/aromatic N) is 1. The highest BCUT2D eigenvalue weighted by molar-refractivity contribution is 9.09. The van der Waals surface area contributed by atoms with Gasteiger partial charge in [0.2, 0.25) is 10.0 Å². The van der Waals surface area contributed by atoms with Crippen LogP contribution in [0.25, 0.3) is 0 Å². The Labute approximate surface area is 93.6 Å². The van der Waals surface area contributed by atoms with E-state index in [4.69, 9.17) is 0 Å². The van der Waals surface area contributed by atoms with Gasteiger partial charge in [0.25, 0.3) is 0 Å². The fourth-order valence-corrected chi connectivity index (χ4v) is 5.12. The lowest BCUT2D eigenvalue weighted by Crippen LogP contribution is -2.36. The Morgan fingerprint density at radius 3 is 2.00 bits per heavy atom. The van der Waals surface area contributed by atoms with Gasteiger partial charge in [0, 0.05) is 24.7 Å². The number of halogens is 1. The van der Waals surface area contributed by atoms with Crippen molar-refractivity contribution in [3.63, 3.8) is 0 Å². The topological polar surface area (TPSA) is 71.5 Å². The number of rotatable bonds is 6. The van der Waals surface area contributed by atoms with Gasteiger partial charge >= 0.3 is 0 Å². The number of hydrogen-bond acceptors (Lipinski definition) is 4. The largest absolute Gasteiger partial charge is 0.228 e. The summed E-state index contributed by atoms with van der Waals surface area (Å²) in [6.07, 6.45) is 0.909. The lowest BCUT2D eigenvalue weighted by atomic mass is 10.7. The molecule has 0 spiro atoms. The lowest BCUT2D eigenvalue weighted by Gasteiger charge is -2.18. The molecule has 0 saturated heterocycles. The molecule has 0 unspecified atom stereocenters. The van der Waals surface area contributed by atoms with Crippen molar-refractivity contribution in [2.24, 2.45) is 0 Å². The Morgan fingerprint density at radius 1 is 1.21 bits per heavy atom. The van der Waals surface area contributed by atoms with Crippen molar-refractivity contribution in [2.75, 3.05) is 29.8 Å². The van der Waals surface area contributed by atoms with Crippen LogP contribution in [0.5, 0.6) is 0 Å². The molecule has 0 aliphatic heterocycles. The Bertz CT molecular complexity index is 361. The molecular formula is C6H14BrNO4S2. The van der Waals surface area contributed by atoms with Crippen LogP contribution in [0.3, 0.4) is 0 Å². The molecule has 86 valence electrons. The summed E-state index contributed by atoms with van der Waals surface area (Å²) in [6, 6.07) is 0. The standard InChI is InChI=1S/C6H14BrNO4S2/c1-3-8(5-4-7)14(11,12)6-13(2,9)10/h3-6H2,1-2H3. The van der Waals surface area contributed by atoms with Gasteiger partial charge in [0.1, 0.15) is 0 Å². The van der Waals surface area contributed by atoms with Gasteiger partial charge < -0.3 is 0 Å². The van der Waals surface area contributed by atoms with E-state index in [9.17, 15) is 16.8 Å². The van der Waals surface area contributed by atoms with E-state index in [0.29, 0.717) is 5.33 Å². The Balaban J connectivity index is 4.76. The van der Waals surface area contributed by atoms with Crippen molar-refractivity contribution >= 4 is 35.8 Å². The van der Waals surface area contributed by atoms with Crippen molar-refractivity contribution in [1.82, 2.24) is 4.31 Å². The number of sulfonamides is 1. The highest BCUT2D eigenvalue weighted by Gasteiger charge is 2.24. The first-order valence-electron chi connectivity index (χ1n) is 3.94. The fourth-order valence-electron chi connectivity index (χ4n) is 0.933. The van der Waals surface area contributed by atoms with Crippen LogP contribution in [-0.2, 0) is 19.9 Å². The van der Waals surface area contributed by atoms with Crippen molar-refractivity contribution in [3.8, 4) is 0 Å². The summed E-state index contributed by atoms with van der Waals surface area (Å²) in [6.45, 7) is 2.24. The van der Waals surface area contributed by atoms with Gasteiger partial charge in [-0.2, -0.15) is 0 Å². The Kier molecular flexibility index (Phi) is 5.56. The summed E-state index contributed by atoms with van der Waals surface area (Å²) >= 11 is 3.11. The highest BCUT2D eigenvalue weighted by atomic mass is 79.9. The molecule has 0 aromatic rings. The van der Waals surface area contributed by atoms with Crippen molar-refractivity contribution in [3.05, 3.63) is 0 Å². The average Bonchev–Trinajstić information content (AvgIpc) is 1.94. The Hall–Kier alpha value is 0.340. The fraction of sp³-hybridized carbons (Fsp3) is 1.00. The van der Waals surface area contributed by atoms with Gasteiger partial charge in [-0.25, -0.2) is 21.1 Å². The van der Waals surface area contributed by atoms with E-state index in [0.717, 1.165) is 10.6 Å². The zero-order valence-corrected chi connectivity index (χ0v) is 11.3. The number of sulfone groups is 1. The molecule has 8 heteroatoms. The minimum atomic E-state index is -3.68. The second-order valence-electron chi connectivity index (χ2n) is 2.84. The summed E-state index contributed by atoms with van der Waals surface area (Å²) in [7, 11) is -7.18. The highest BCUT2D eigenvalue weighted by Crippen LogP contribution is 2.04. The second-order valence-corrected chi connectivity index (χ2v) is 8.10. The molecule has 0 fully saturated rings. The molecule has 0 rings (SSSR count). The third-order valence-electron chi connectivity index (χ3n) is 1.44. The molecule has 0 heterocycles. The van der Waals surface area contributed by atoms with Gasteiger partial charge in [0.05, 0.1) is 0 Å². The molecular weight excluding hydrogens is 294 g/mol. The second kappa shape index (κ2) is 5.43. The Morgan fingerprint density at radius 2 is 1.71 bits per heavy atom. The van der Waals surface area contributed by atoms with Gasteiger partial charge in [-0.1, -0.05) is 22.9 Å². The van der Waals surface area contributed by atoms with E-state index in [-0.39, 0.29) is 13.1 Å². The van der Waals surface area contributed by atoms with E-state index in [2.05, 4.69) is 15.9 Å². The van der Waals surface area contributed by atoms with Gasteiger partial charge in [-0.15, -0.1) is 0 Å². The van der Waals surface area contributed by atoms with Crippen LogP contribution < -0.4 is 0 Å². The molecule has 5 nitrogen and oxygen atoms in total. The number of hydrogen-bond donors (Lipinski definition) is 0. The van der Waals surface area contributed by atoms with Crippen LogP contribution in [0, 0.1) is 0 Å². The molecule has 14 heavy (non-hydrogen) atoms. The van der Waals surface area contributed by atoms with E-state index < -0.39 is 24.9 Å². The van der Waals surface area contributed by atoms with E-state index in [1.165, 1.54) is 0 Å². The average molecular weight is 308 g/mol. The molecule has 0 aliphatic carbocycles. The maximum atomic E-state index is 11.5. The van der Waals surface area contributed by atoms with Crippen LogP contribution >= 0.6 is 15.9 Å². The third kappa shape index (κ3) is 5.28. The molecule has 0 bridgehead atoms. The first kappa shape index (κ1) is 14.3. The zero-order chi connectivity index (χ0) is 11.4. The lowest BCUT2D eigenvalue weighted by molar-refractivity contribution is 0.451. The SMILES string of the molecule is CCN(CCBr)S(=O)(=O)CS(C)(=O)=O. The van der Waals surface area contributed by atoms with E-state index >= 15 is 0 Å². The minimum Gasteiger partial charge on any atom is -0.228 e. The van der Waals surface area contributed by atoms with Gasteiger partial charge in [-0.05, 0) is 0 Å². The van der Waals surface area contributed by atoms with Crippen LogP contribution in [0.4, 0.5) is 0 Å². The van der Waals surface area contributed by atoms with Gasteiger partial charge in [-0.3, -0.25) is 0 Å². The molecule has 0 aliphatic rings. The maximum absolute atomic E-state index is 11.5. The summed E-state index contributed by atoms with van der Waals surface area (Å²) in [5, 5.41) is -0.329. The van der Waals surface area contributed by atoms with Gasteiger partial charge in [0.15, 0.2) is 14.9 Å². The smallest absolute Gasteiger partial charge is 0.228 e.